The molecule has 0 radical (unpaired) electrons. The highest BCUT2D eigenvalue weighted by Gasteiger charge is 2.31. The Morgan fingerprint density at radius 1 is 0.921 bits per heavy atom. The van der Waals surface area contributed by atoms with E-state index in [1.54, 1.807) is 6.07 Å². The molecule has 3 aromatic rings. The van der Waals surface area contributed by atoms with Crippen molar-refractivity contribution in [2.24, 2.45) is 0 Å². The molecule has 0 saturated carbocycles. The standard InChI is InChI=1S/C28H31F4NO4S/c1-27(2,34)26-24(29)16-23(17-25(26)38(3,35)36)37-14-8-13-33(18-20-9-5-4-6-10-20)19-21-11-7-12-22(15-21)28(30,31)32/h4-7,9-12,15-17,34H,8,13-14,18-19H2,1-3H3. The molecule has 3 rings (SSSR count). The van der Waals surface area contributed by atoms with Crippen LogP contribution in [0.3, 0.4) is 0 Å². The molecular weight excluding hydrogens is 522 g/mol. The number of hydrogen-bond acceptors (Lipinski definition) is 5. The van der Waals surface area contributed by atoms with Crippen LogP contribution in [0.5, 0.6) is 5.75 Å². The molecule has 0 amide bonds. The minimum Gasteiger partial charge on any atom is -0.493 e. The fourth-order valence-corrected chi connectivity index (χ4v) is 5.21. The molecule has 0 aliphatic carbocycles. The van der Waals surface area contributed by atoms with Gasteiger partial charge in [-0.3, -0.25) is 4.90 Å². The van der Waals surface area contributed by atoms with Gasteiger partial charge in [-0.25, -0.2) is 12.8 Å². The van der Waals surface area contributed by atoms with Crippen molar-refractivity contribution in [3.05, 3.63) is 94.8 Å². The number of sulfone groups is 1. The Hall–Kier alpha value is -2.95. The van der Waals surface area contributed by atoms with E-state index in [2.05, 4.69) is 0 Å². The van der Waals surface area contributed by atoms with E-state index in [4.69, 9.17) is 4.74 Å². The topological polar surface area (TPSA) is 66.8 Å². The van der Waals surface area contributed by atoms with E-state index >= 15 is 0 Å². The molecule has 0 unspecified atom stereocenters. The van der Waals surface area contributed by atoms with Gasteiger partial charge in [-0.15, -0.1) is 0 Å². The fourth-order valence-electron chi connectivity index (χ4n) is 4.17. The first-order valence-electron chi connectivity index (χ1n) is 12.0. The Morgan fingerprint density at radius 2 is 1.55 bits per heavy atom. The van der Waals surface area contributed by atoms with Crippen molar-refractivity contribution in [3.63, 3.8) is 0 Å². The van der Waals surface area contributed by atoms with Gasteiger partial charge in [-0.1, -0.05) is 48.5 Å². The molecule has 0 aliphatic heterocycles. The lowest BCUT2D eigenvalue weighted by molar-refractivity contribution is -0.137. The summed E-state index contributed by atoms with van der Waals surface area (Å²) in [5.41, 5.74) is -1.26. The summed E-state index contributed by atoms with van der Waals surface area (Å²) in [6.07, 6.45) is -3.07. The predicted molar refractivity (Wildman–Crippen MR) is 137 cm³/mol. The van der Waals surface area contributed by atoms with Crippen molar-refractivity contribution in [2.45, 2.75) is 50.0 Å². The van der Waals surface area contributed by atoms with Gasteiger partial charge in [0.1, 0.15) is 11.6 Å². The molecule has 1 N–H and O–H groups in total. The molecule has 5 nitrogen and oxygen atoms in total. The highest BCUT2D eigenvalue weighted by atomic mass is 32.2. The first-order chi connectivity index (χ1) is 17.6. The second-order valence-corrected chi connectivity index (χ2v) is 11.7. The maximum Gasteiger partial charge on any atom is 0.416 e. The average Bonchev–Trinajstić information content (AvgIpc) is 2.80. The van der Waals surface area contributed by atoms with Gasteiger partial charge < -0.3 is 9.84 Å². The van der Waals surface area contributed by atoms with Crippen LogP contribution in [0.25, 0.3) is 0 Å². The third-order valence-corrected chi connectivity index (χ3v) is 6.96. The van der Waals surface area contributed by atoms with Gasteiger partial charge in [0.25, 0.3) is 0 Å². The molecule has 0 aliphatic rings. The van der Waals surface area contributed by atoms with Crippen LogP contribution in [0.2, 0.25) is 0 Å². The summed E-state index contributed by atoms with van der Waals surface area (Å²) < 4.78 is 84.4. The number of benzene rings is 3. The van der Waals surface area contributed by atoms with Crippen LogP contribution < -0.4 is 4.74 Å². The van der Waals surface area contributed by atoms with Crippen LogP contribution >= 0.6 is 0 Å². The van der Waals surface area contributed by atoms with E-state index in [-0.39, 0.29) is 29.4 Å². The Kier molecular flexibility index (Phi) is 9.22. The van der Waals surface area contributed by atoms with Crippen molar-refractivity contribution in [2.75, 3.05) is 19.4 Å². The van der Waals surface area contributed by atoms with E-state index in [0.29, 0.717) is 25.1 Å². The number of aliphatic hydroxyl groups is 1. The molecule has 0 heterocycles. The lowest BCUT2D eigenvalue weighted by Gasteiger charge is -2.24. The van der Waals surface area contributed by atoms with Crippen LogP contribution in [-0.4, -0.2) is 37.8 Å². The van der Waals surface area contributed by atoms with Crippen molar-refractivity contribution < 1.29 is 35.8 Å². The van der Waals surface area contributed by atoms with Crippen molar-refractivity contribution in [1.82, 2.24) is 4.90 Å². The minimum absolute atomic E-state index is 0.00316. The van der Waals surface area contributed by atoms with Crippen LogP contribution in [0.4, 0.5) is 17.6 Å². The van der Waals surface area contributed by atoms with Crippen LogP contribution in [0.15, 0.2) is 71.6 Å². The largest absolute Gasteiger partial charge is 0.493 e. The molecule has 0 bridgehead atoms. The van der Waals surface area contributed by atoms with E-state index in [1.807, 2.05) is 35.2 Å². The number of alkyl halides is 3. The molecule has 10 heteroatoms. The lowest BCUT2D eigenvalue weighted by Crippen LogP contribution is -2.25. The van der Waals surface area contributed by atoms with Gasteiger partial charge in [0.05, 0.1) is 22.7 Å². The second kappa shape index (κ2) is 11.8. The summed E-state index contributed by atoms with van der Waals surface area (Å²) in [7, 11) is -3.86. The van der Waals surface area contributed by atoms with Gasteiger partial charge in [-0.2, -0.15) is 13.2 Å². The fraction of sp³-hybridized carbons (Fsp3) is 0.357. The van der Waals surface area contributed by atoms with Gasteiger partial charge in [0.2, 0.25) is 0 Å². The van der Waals surface area contributed by atoms with Gasteiger partial charge >= 0.3 is 6.18 Å². The number of rotatable bonds is 11. The summed E-state index contributed by atoms with van der Waals surface area (Å²) in [6.45, 7) is 3.92. The molecule has 206 valence electrons. The number of halogens is 4. The third kappa shape index (κ3) is 8.28. The number of hydrogen-bond donors (Lipinski definition) is 1. The van der Waals surface area contributed by atoms with Gasteiger partial charge in [0, 0.05) is 37.5 Å². The summed E-state index contributed by atoms with van der Waals surface area (Å²) in [5.74, 6) is -0.894. The molecule has 0 fully saturated rings. The predicted octanol–water partition coefficient (Wildman–Crippen LogP) is 5.95. The smallest absolute Gasteiger partial charge is 0.416 e. The Bertz CT molecular complexity index is 1340. The van der Waals surface area contributed by atoms with Gasteiger partial charge in [-0.05, 0) is 43.5 Å². The highest BCUT2D eigenvalue weighted by molar-refractivity contribution is 7.90. The van der Waals surface area contributed by atoms with Crippen molar-refractivity contribution in [3.8, 4) is 5.75 Å². The van der Waals surface area contributed by atoms with Gasteiger partial charge in [0.15, 0.2) is 9.84 Å². The van der Waals surface area contributed by atoms with Crippen molar-refractivity contribution >= 4 is 9.84 Å². The molecule has 0 aromatic heterocycles. The molecule has 38 heavy (non-hydrogen) atoms. The highest BCUT2D eigenvalue weighted by Crippen LogP contribution is 2.33. The zero-order chi connectivity index (χ0) is 28.1. The summed E-state index contributed by atoms with van der Waals surface area (Å²) in [5, 5.41) is 10.3. The van der Waals surface area contributed by atoms with Crippen LogP contribution in [-0.2, 0) is 34.7 Å². The zero-order valence-electron chi connectivity index (χ0n) is 21.4. The zero-order valence-corrected chi connectivity index (χ0v) is 22.2. The summed E-state index contributed by atoms with van der Waals surface area (Å²) in [6, 6.07) is 16.9. The van der Waals surface area contributed by atoms with E-state index in [9.17, 15) is 31.1 Å². The molecule has 0 atom stereocenters. The first kappa shape index (κ1) is 29.6. The lowest BCUT2D eigenvalue weighted by atomic mass is 9.97. The molecule has 0 spiro atoms. The van der Waals surface area contributed by atoms with E-state index < -0.39 is 33.0 Å². The SMILES string of the molecule is CC(C)(O)c1c(F)cc(OCCCN(Cc2ccccc2)Cc2cccc(C(F)(F)F)c2)cc1S(C)(=O)=O. The first-order valence-corrected chi connectivity index (χ1v) is 13.9. The minimum atomic E-state index is -4.44. The van der Waals surface area contributed by atoms with E-state index in [0.717, 1.165) is 30.0 Å². The third-order valence-electron chi connectivity index (χ3n) is 5.84. The molecular formula is C28H31F4NO4S. The average molecular weight is 554 g/mol. The number of nitrogens with zero attached hydrogens (tertiary/aromatic N) is 1. The monoisotopic (exact) mass is 553 g/mol. The maximum atomic E-state index is 14.8. The Morgan fingerprint density at radius 3 is 2.16 bits per heavy atom. The molecule has 0 saturated heterocycles. The number of ether oxygens (including phenoxy) is 1. The summed E-state index contributed by atoms with van der Waals surface area (Å²) >= 11 is 0. The Labute approximate surface area is 220 Å². The quantitative estimate of drug-likeness (QED) is 0.235. The van der Waals surface area contributed by atoms with Crippen LogP contribution in [0.1, 0.15) is 42.5 Å². The van der Waals surface area contributed by atoms with E-state index in [1.165, 1.54) is 26.0 Å². The maximum absolute atomic E-state index is 14.8. The molecule has 3 aromatic carbocycles. The van der Waals surface area contributed by atoms with Crippen LogP contribution in [0, 0.1) is 5.82 Å². The second-order valence-electron chi connectivity index (χ2n) is 9.71. The summed E-state index contributed by atoms with van der Waals surface area (Å²) in [4.78, 5) is 1.63. The van der Waals surface area contributed by atoms with Crippen molar-refractivity contribution in [1.29, 1.82) is 0 Å². The normalized spacial score (nSPS) is 12.7. The Balaban J connectivity index is 1.73.